The number of halogens is 1. The average molecular weight is 317 g/mol. The zero-order valence-corrected chi connectivity index (χ0v) is 13.7. The monoisotopic (exact) mass is 316 g/mol. The fourth-order valence-corrected chi connectivity index (χ4v) is 2.45. The van der Waals surface area contributed by atoms with E-state index < -0.39 is 0 Å². The predicted octanol–water partition coefficient (Wildman–Crippen LogP) is 4.08. The van der Waals surface area contributed by atoms with Gasteiger partial charge in [-0.15, -0.1) is 0 Å². The van der Waals surface area contributed by atoms with Crippen LogP contribution >= 0.6 is 11.6 Å². The summed E-state index contributed by atoms with van der Waals surface area (Å²) in [4.78, 5) is 11.9. The van der Waals surface area contributed by atoms with Gasteiger partial charge in [0, 0.05) is 30.2 Å². The highest BCUT2D eigenvalue weighted by Crippen LogP contribution is 2.19. The van der Waals surface area contributed by atoms with Crippen molar-refractivity contribution < 1.29 is 4.79 Å². The molecule has 2 aromatic rings. The Morgan fingerprint density at radius 2 is 1.86 bits per heavy atom. The minimum Gasteiger partial charge on any atom is -0.384 e. The highest BCUT2D eigenvalue weighted by Gasteiger charge is 2.04. The van der Waals surface area contributed by atoms with Crippen molar-refractivity contribution in [2.45, 2.75) is 26.8 Å². The summed E-state index contributed by atoms with van der Waals surface area (Å²) in [5, 5.41) is 6.93. The number of aryl methyl sites for hydroxylation is 2. The summed E-state index contributed by atoms with van der Waals surface area (Å²) >= 11 is 5.92. The van der Waals surface area contributed by atoms with E-state index in [9.17, 15) is 4.79 Å². The molecule has 1 amide bonds. The molecule has 4 heteroatoms. The first-order chi connectivity index (χ1) is 10.6. The first-order valence-electron chi connectivity index (χ1n) is 7.37. The molecule has 22 heavy (non-hydrogen) atoms. The Labute approximate surface area is 136 Å². The van der Waals surface area contributed by atoms with Crippen LogP contribution < -0.4 is 10.6 Å². The van der Waals surface area contributed by atoms with Gasteiger partial charge in [-0.2, -0.15) is 0 Å². The number of rotatable bonds is 6. The summed E-state index contributed by atoms with van der Waals surface area (Å²) in [6.07, 6.45) is 0.438. The Balaban J connectivity index is 1.75. The Morgan fingerprint density at radius 1 is 1.09 bits per heavy atom. The molecule has 0 saturated heterocycles. The molecular weight excluding hydrogens is 296 g/mol. The molecule has 2 rings (SSSR count). The van der Waals surface area contributed by atoms with Crippen LogP contribution in [-0.4, -0.2) is 12.5 Å². The molecule has 0 saturated carbocycles. The van der Waals surface area contributed by atoms with Gasteiger partial charge in [-0.3, -0.25) is 4.79 Å². The second-order valence-electron chi connectivity index (χ2n) is 5.34. The second kappa shape index (κ2) is 7.85. The Morgan fingerprint density at radius 3 is 2.59 bits per heavy atom. The van der Waals surface area contributed by atoms with Crippen molar-refractivity contribution in [1.29, 1.82) is 0 Å². The smallest absolute Gasteiger partial charge is 0.222 e. The molecule has 3 nitrogen and oxygen atoms in total. The van der Waals surface area contributed by atoms with Crippen LogP contribution in [0, 0.1) is 13.8 Å². The molecule has 116 valence electrons. The molecule has 0 aliphatic carbocycles. The van der Waals surface area contributed by atoms with Gasteiger partial charge in [0.1, 0.15) is 0 Å². The van der Waals surface area contributed by atoms with Gasteiger partial charge in [-0.05, 0) is 48.7 Å². The molecule has 2 aromatic carbocycles. The summed E-state index contributed by atoms with van der Waals surface area (Å²) in [6.45, 7) is 5.21. The van der Waals surface area contributed by atoms with Crippen molar-refractivity contribution in [3.8, 4) is 0 Å². The zero-order chi connectivity index (χ0) is 15.9. The molecule has 0 aliphatic rings. The molecule has 0 radical (unpaired) electrons. The van der Waals surface area contributed by atoms with Gasteiger partial charge in [0.25, 0.3) is 0 Å². The number of hydrogen-bond acceptors (Lipinski definition) is 2. The minimum atomic E-state index is 0.0439. The van der Waals surface area contributed by atoms with E-state index in [4.69, 9.17) is 11.6 Å². The molecule has 0 fully saturated rings. The average Bonchev–Trinajstić information content (AvgIpc) is 2.49. The highest BCUT2D eigenvalue weighted by atomic mass is 35.5. The highest BCUT2D eigenvalue weighted by molar-refractivity contribution is 6.30. The second-order valence-corrected chi connectivity index (χ2v) is 5.78. The van der Waals surface area contributed by atoms with E-state index in [1.807, 2.05) is 56.3 Å². The van der Waals surface area contributed by atoms with E-state index in [-0.39, 0.29) is 5.91 Å². The third-order valence-corrected chi connectivity index (χ3v) is 3.83. The van der Waals surface area contributed by atoms with Gasteiger partial charge in [0.2, 0.25) is 5.91 Å². The third-order valence-electron chi connectivity index (χ3n) is 3.59. The summed E-state index contributed by atoms with van der Waals surface area (Å²) in [5.74, 6) is 0.0439. The van der Waals surface area contributed by atoms with Crippen molar-refractivity contribution >= 4 is 23.2 Å². The lowest BCUT2D eigenvalue weighted by Gasteiger charge is -2.11. The number of carbonyl (C=O) groups is 1. The number of hydrogen-bond donors (Lipinski definition) is 2. The van der Waals surface area contributed by atoms with Crippen molar-refractivity contribution in [1.82, 2.24) is 5.32 Å². The molecular formula is C18H21ClN2O. The Hall–Kier alpha value is -2.00. The molecule has 0 bridgehead atoms. The van der Waals surface area contributed by atoms with E-state index in [2.05, 4.69) is 10.6 Å². The van der Waals surface area contributed by atoms with Crippen LogP contribution in [0.25, 0.3) is 0 Å². The first-order valence-corrected chi connectivity index (χ1v) is 7.75. The zero-order valence-electron chi connectivity index (χ0n) is 12.9. The van der Waals surface area contributed by atoms with E-state index in [0.717, 1.165) is 21.8 Å². The number of carbonyl (C=O) groups excluding carboxylic acids is 1. The fraction of sp³-hybridized carbons (Fsp3) is 0.278. The van der Waals surface area contributed by atoms with Crippen molar-refractivity contribution in [2.24, 2.45) is 0 Å². The van der Waals surface area contributed by atoms with E-state index in [1.165, 1.54) is 5.56 Å². The maximum Gasteiger partial charge on any atom is 0.222 e. The number of anilines is 1. The van der Waals surface area contributed by atoms with E-state index >= 15 is 0 Å². The van der Waals surface area contributed by atoms with Crippen LogP contribution in [-0.2, 0) is 11.3 Å². The molecule has 0 spiro atoms. The first kappa shape index (κ1) is 16.4. The van der Waals surface area contributed by atoms with Crippen molar-refractivity contribution in [3.63, 3.8) is 0 Å². The van der Waals surface area contributed by atoms with Gasteiger partial charge < -0.3 is 10.6 Å². The van der Waals surface area contributed by atoms with Crippen LogP contribution in [0.5, 0.6) is 0 Å². The normalized spacial score (nSPS) is 10.3. The van der Waals surface area contributed by atoms with Crippen LogP contribution in [0.4, 0.5) is 5.69 Å². The van der Waals surface area contributed by atoms with Gasteiger partial charge in [-0.1, -0.05) is 35.9 Å². The summed E-state index contributed by atoms with van der Waals surface area (Å²) < 4.78 is 0. The van der Waals surface area contributed by atoms with Gasteiger partial charge >= 0.3 is 0 Å². The molecule has 0 heterocycles. The van der Waals surface area contributed by atoms with Crippen LogP contribution in [0.3, 0.4) is 0 Å². The minimum absolute atomic E-state index is 0.0439. The van der Waals surface area contributed by atoms with E-state index in [0.29, 0.717) is 19.5 Å². The lowest BCUT2D eigenvalue weighted by molar-refractivity contribution is -0.121. The Kier molecular flexibility index (Phi) is 5.84. The van der Waals surface area contributed by atoms with Crippen molar-refractivity contribution in [3.05, 3.63) is 64.2 Å². The quantitative estimate of drug-likeness (QED) is 0.843. The fourth-order valence-electron chi connectivity index (χ4n) is 2.23. The molecule has 2 N–H and O–H groups in total. The van der Waals surface area contributed by atoms with Crippen LogP contribution in [0.2, 0.25) is 5.02 Å². The topological polar surface area (TPSA) is 41.1 Å². The number of nitrogens with one attached hydrogen (secondary N) is 2. The molecule has 0 unspecified atom stereocenters. The molecule has 0 atom stereocenters. The standard InChI is InChI=1S/C18H21ClN2O/c1-13-5-3-4-6-15(13)12-21-18(22)9-10-20-17-8-7-16(19)11-14(17)2/h3-8,11,20H,9-10,12H2,1-2H3,(H,21,22). The number of amides is 1. The van der Waals surface area contributed by atoms with Gasteiger partial charge in [0.05, 0.1) is 0 Å². The maximum absolute atomic E-state index is 11.9. The number of benzene rings is 2. The maximum atomic E-state index is 11.9. The van der Waals surface area contributed by atoms with Gasteiger partial charge in [0.15, 0.2) is 0 Å². The predicted molar refractivity (Wildman–Crippen MR) is 92.3 cm³/mol. The lowest BCUT2D eigenvalue weighted by Crippen LogP contribution is -2.25. The van der Waals surface area contributed by atoms with Crippen molar-refractivity contribution in [2.75, 3.05) is 11.9 Å². The molecule has 0 aromatic heterocycles. The summed E-state index contributed by atoms with van der Waals surface area (Å²) in [6, 6.07) is 13.7. The van der Waals surface area contributed by atoms with E-state index in [1.54, 1.807) is 0 Å². The largest absolute Gasteiger partial charge is 0.384 e. The van der Waals surface area contributed by atoms with Gasteiger partial charge in [-0.25, -0.2) is 0 Å². The SMILES string of the molecule is Cc1ccccc1CNC(=O)CCNc1ccc(Cl)cc1C. The van der Waals surface area contributed by atoms with Crippen LogP contribution in [0.15, 0.2) is 42.5 Å². The lowest BCUT2D eigenvalue weighted by atomic mass is 10.1. The van der Waals surface area contributed by atoms with Crippen LogP contribution in [0.1, 0.15) is 23.1 Å². The molecule has 0 aliphatic heterocycles. The third kappa shape index (κ3) is 4.78. The summed E-state index contributed by atoms with van der Waals surface area (Å²) in [5.41, 5.74) is 4.43. The Bertz CT molecular complexity index is 655. The summed E-state index contributed by atoms with van der Waals surface area (Å²) in [7, 11) is 0.